The van der Waals surface area contributed by atoms with Crippen LogP contribution in [0.2, 0.25) is 0 Å². The lowest BCUT2D eigenvalue weighted by Crippen LogP contribution is -2.44. The largest absolute Gasteiger partial charge is 0.388 e. The molecule has 34 heavy (non-hydrogen) atoms. The SMILES string of the molecule is C/C=C\C(=C/CC)c1ccc(C(=O)NCc2cccc(C(=O)NCC3(O)CCCCC3)c2)cc1. The molecule has 0 atom stereocenters. The molecule has 0 heterocycles. The van der Waals surface area contributed by atoms with Crippen LogP contribution in [0.1, 0.15) is 84.2 Å². The molecule has 5 heteroatoms. The summed E-state index contributed by atoms with van der Waals surface area (Å²) < 4.78 is 0. The molecule has 0 bridgehead atoms. The summed E-state index contributed by atoms with van der Waals surface area (Å²) in [4.78, 5) is 25.2. The van der Waals surface area contributed by atoms with Gasteiger partial charge >= 0.3 is 0 Å². The molecule has 2 aromatic carbocycles. The summed E-state index contributed by atoms with van der Waals surface area (Å²) in [7, 11) is 0. The highest BCUT2D eigenvalue weighted by Gasteiger charge is 2.29. The van der Waals surface area contributed by atoms with Gasteiger partial charge in [-0.05, 0) is 67.2 Å². The molecule has 0 saturated heterocycles. The van der Waals surface area contributed by atoms with Crippen molar-refractivity contribution in [2.24, 2.45) is 0 Å². The van der Waals surface area contributed by atoms with E-state index >= 15 is 0 Å². The molecular weight excluding hydrogens is 424 g/mol. The monoisotopic (exact) mass is 460 g/mol. The van der Waals surface area contributed by atoms with Crippen molar-refractivity contribution in [1.29, 1.82) is 0 Å². The molecule has 180 valence electrons. The Morgan fingerprint density at radius 2 is 1.62 bits per heavy atom. The van der Waals surface area contributed by atoms with Crippen molar-refractivity contribution in [3.8, 4) is 0 Å². The third kappa shape index (κ3) is 7.16. The Hall–Kier alpha value is -3.18. The molecule has 0 aliphatic heterocycles. The quantitative estimate of drug-likeness (QED) is 0.438. The van der Waals surface area contributed by atoms with Crippen LogP contribution in [-0.4, -0.2) is 29.1 Å². The van der Waals surface area contributed by atoms with Crippen molar-refractivity contribution in [3.05, 3.63) is 89.0 Å². The second-order valence-corrected chi connectivity index (χ2v) is 9.00. The van der Waals surface area contributed by atoms with E-state index in [1.807, 2.05) is 49.4 Å². The average Bonchev–Trinajstić information content (AvgIpc) is 2.86. The fourth-order valence-corrected chi connectivity index (χ4v) is 4.34. The number of hydrogen-bond donors (Lipinski definition) is 3. The predicted octanol–water partition coefficient (Wildman–Crippen LogP) is 5.41. The highest BCUT2D eigenvalue weighted by molar-refractivity contribution is 5.95. The lowest BCUT2D eigenvalue weighted by atomic mass is 9.85. The van der Waals surface area contributed by atoms with Crippen molar-refractivity contribution in [1.82, 2.24) is 10.6 Å². The molecule has 1 aliphatic rings. The molecule has 3 rings (SSSR count). The second kappa shape index (κ2) is 12.3. The molecule has 5 nitrogen and oxygen atoms in total. The van der Waals surface area contributed by atoms with E-state index in [1.54, 1.807) is 12.1 Å². The zero-order valence-electron chi connectivity index (χ0n) is 20.3. The van der Waals surface area contributed by atoms with Crippen molar-refractivity contribution in [2.45, 2.75) is 64.5 Å². The fourth-order valence-electron chi connectivity index (χ4n) is 4.34. The number of aliphatic hydroxyl groups is 1. The smallest absolute Gasteiger partial charge is 0.251 e. The summed E-state index contributed by atoms with van der Waals surface area (Å²) in [5.74, 6) is -0.368. The Kier molecular flexibility index (Phi) is 9.23. The Morgan fingerprint density at radius 3 is 2.29 bits per heavy atom. The fraction of sp³-hybridized carbons (Fsp3) is 0.379. The van der Waals surface area contributed by atoms with Crippen LogP contribution in [0, 0.1) is 0 Å². The maximum absolute atomic E-state index is 12.6. The Morgan fingerprint density at radius 1 is 0.941 bits per heavy atom. The summed E-state index contributed by atoms with van der Waals surface area (Å²) in [5, 5.41) is 16.4. The van der Waals surface area contributed by atoms with Crippen molar-refractivity contribution in [3.63, 3.8) is 0 Å². The van der Waals surface area contributed by atoms with Gasteiger partial charge in [0, 0.05) is 24.2 Å². The first-order chi connectivity index (χ1) is 16.4. The van der Waals surface area contributed by atoms with Gasteiger partial charge < -0.3 is 15.7 Å². The number of benzene rings is 2. The van der Waals surface area contributed by atoms with Gasteiger partial charge in [0.2, 0.25) is 0 Å². The van der Waals surface area contributed by atoms with Gasteiger partial charge in [-0.3, -0.25) is 9.59 Å². The average molecular weight is 461 g/mol. The number of nitrogens with one attached hydrogen (secondary N) is 2. The molecule has 0 aromatic heterocycles. The van der Waals surface area contributed by atoms with Gasteiger partial charge in [0.1, 0.15) is 0 Å². The molecule has 2 amide bonds. The van der Waals surface area contributed by atoms with Crippen LogP contribution in [0.4, 0.5) is 0 Å². The number of amides is 2. The topological polar surface area (TPSA) is 78.4 Å². The van der Waals surface area contributed by atoms with E-state index in [0.29, 0.717) is 17.7 Å². The van der Waals surface area contributed by atoms with Crippen molar-refractivity contribution < 1.29 is 14.7 Å². The second-order valence-electron chi connectivity index (χ2n) is 9.00. The first kappa shape index (κ1) is 25.4. The van der Waals surface area contributed by atoms with Crippen LogP contribution in [0.15, 0.2) is 66.8 Å². The minimum Gasteiger partial charge on any atom is -0.388 e. The van der Waals surface area contributed by atoms with Crippen molar-refractivity contribution in [2.75, 3.05) is 6.54 Å². The molecule has 0 unspecified atom stereocenters. The summed E-state index contributed by atoms with van der Waals surface area (Å²) in [6.45, 7) is 4.69. The standard InChI is InChI=1S/C29H36N2O3/c1-3-9-23(10-4-2)24-13-15-25(16-14-24)27(32)30-20-22-11-8-12-26(19-22)28(33)31-21-29(34)17-6-5-7-18-29/h3,8-16,19,34H,4-7,17-18,20-21H2,1-2H3,(H,30,32)(H,31,33)/b9-3-,23-10+. The summed E-state index contributed by atoms with van der Waals surface area (Å²) in [5.41, 5.74) is 3.38. The highest BCUT2D eigenvalue weighted by atomic mass is 16.3. The number of carbonyl (C=O) groups is 2. The van der Waals surface area contributed by atoms with Gasteiger partial charge in [0.05, 0.1) is 5.60 Å². The van der Waals surface area contributed by atoms with Crippen LogP contribution in [0.3, 0.4) is 0 Å². The van der Waals surface area contributed by atoms with E-state index in [9.17, 15) is 14.7 Å². The Bertz CT molecular complexity index is 1030. The van der Waals surface area contributed by atoms with Crippen LogP contribution < -0.4 is 10.6 Å². The van der Waals surface area contributed by atoms with Crippen LogP contribution in [-0.2, 0) is 6.54 Å². The molecule has 1 fully saturated rings. The van der Waals surface area contributed by atoms with Crippen molar-refractivity contribution >= 4 is 17.4 Å². The molecule has 1 aliphatic carbocycles. The summed E-state index contributed by atoms with van der Waals surface area (Å²) in [6.07, 6.45) is 11.8. The van der Waals surface area contributed by atoms with Gasteiger partial charge in [-0.15, -0.1) is 0 Å². The number of rotatable bonds is 9. The lowest BCUT2D eigenvalue weighted by Gasteiger charge is -2.32. The third-order valence-electron chi connectivity index (χ3n) is 6.26. The van der Waals surface area contributed by atoms with Crippen LogP contribution >= 0.6 is 0 Å². The Balaban J connectivity index is 1.56. The number of hydrogen-bond acceptors (Lipinski definition) is 3. The van der Waals surface area contributed by atoms with Gasteiger partial charge in [-0.1, -0.05) is 68.7 Å². The maximum atomic E-state index is 12.6. The minimum atomic E-state index is -0.797. The number of allylic oxidation sites excluding steroid dienone is 4. The van der Waals surface area contributed by atoms with Crippen LogP contribution in [0.5, 0.6) is 0 Å². The van der Waals surface area contributed by atoms with E-state index in [2.05, 4.69) is 29.7 Å². The van der Waals surface area contributed by atoms with E-state index in [1.165, 1.54) is 0 Å². The zero-order chi connectivity index (χ0) is 24.4. The van der Waals surface area contributed by atoms with Gasteiger partial charge in [0.25, 0.3) is 11.8 Å². The summed E-state index contributed by atoms with van der Waals surface area (Å²) >= 11 is 0. The van der Waals surface area contributed by atoms with Crippen LogP contribution in [0.25, 0.3) is 5.57 Å². The van der Waals surface area contributed by atoms with E-state index in [0.717, 1.165) is 55.2 Å². The highest BCUT2D eigenvalue weighted by Crippen LogP contribution is 2.27. The van der Waals surface area contributed by atoms with Gasteiger partial charge in [-0.2, -0.15) is 0 Å². The van der Waals surface area contributed by atoms with Gasteiger partial charge in [-0.25, -0.2) is 0 Å². The molecular formula is C29H36N2O3. The summed E-state index contributed by atoms with van der Waals surface area (Å²) in [6, 6.07) is 14.8. The molecule has 0 spiro atoms. The Labute approximate surface area is 203 Å². The third-order valence-corrected chi connectivity index (χ3v) is 6.26. The zero-order valence-corrected chi connectivity index (χ0v) is 20.3. The van der Waals surface area contributed by atoms with Gasteiger partial charge in [0.15, 0.2) is 0 Å². The molecule has 0 radical (unpaired) electrons. The first-order valence-electron chi connectivity index (χ1n) is 12.2. The first-order valence-corrected chi connectivity index (χ1v) is 12.2. The predicted molar refractivity (Wildman–Crippen MR) is 138 cm³/mol. The minimum absolute atomic E-state index is 0.159. The molecule has 1 saturated carbocycles. The normalized spacial score (nSPS) is 15.8. The molecule has 2 aromatic rings. The van der Waals surface area contributed by atoms with E-state index < -0.39 is 5.60 Å². The van der Waals surface area contributed by atoms with E-state index in [-0.39, 0.29) is 18.4 Å². The molecule has 3 N–H and O–H groups in total. The number of carbonyl (C=O) groups excluding carboxylic acids is 2. The maximum Gasteiger partial charge on any atom is 0.251 e. The van der Waals surface area contributed by atoms with E-state index in [4.69, 9.17) is 0 Å². The lowest BCUT2D eigenvalue weighted by molar-refractivity contribution is 0.00525.